The lowest BCUT2D eigenvalue weighted by Crippen LogP contribution is -2.28. The molecule has 1 N–H and O–H groups in total. The van der Waals surface area contributed by atoms with Crippen LogP contribution in [-0.2, 0) is 0 Å². The largest absolute Gasteiger partial charge is 0.451 e. The number of rotatable bonds is 6. The molecule has 0 bridgehead atoms. The molecule has 1 atom stereocenters. The standard InChI is InChI=1S/C24H19ClF3N3O3/c1-13-5-17(3-4-20(13)30-9-14(2)29-12-30)34-22-8-16(25)10-31(24(22)33)21(11-32)15-6-18(26)23(28)19(27)7-15/h3-10,12,21,32H,11H2,1-2H3/t21-/m0/s1. The number of ether oxygens (including phenoxy) is 1. The fraction of sp³-hybridized carbons (Fsp3) is 0.167. The van der Waals surface area contributed by atoms with Crippen molar-refractivity contribution >= 4 is 11.6 Å². The Bertz CT molecular complexity index is 1410. The van der Waals surface area contributed by atoms with E-state index in [0.29, 0.717) is 17.9 Å². The maximum Gasteiger partial charge on any atom is 0.294 e. The van der Waals surface area contributed by atoms with Crippen molar-refractivity contribution in [2.75, 3.05) is 6.61 Å². The van der Waals surface area contributed by atoms with E-state index in [9.17, 15) is 23.1 Å². The number of hydrogen-bond acceptors (Lipinski definition) is 4. The second-order valence-corrected chi connectivity index (χ2v) is 8.14. The Kier molecular flexibility index (Phi) is 6.49. The summed E-state index contributed by atoms with van der Waals surface area (Å²) < 4.78 is 49.5. The molecule has 0 aliphatic carbocycles. The van der Waals surface area contributed by atoms with Crippen molar-refractivity contribution in [2.45, 2.75) is 19.9 Å². The third-order valence-electron chi connectivity index (χ3n) is 5.26. The van der Waals surface area contributed by atoms with Crippen LogP contribution in [-0.4, -0.2) is 25.8 Å². The van der Waals surface area contributed by atoms with Gasteiger partial charge in [-0.05, 0) is 55.3 Å². The van der Waals surface area contributed by atoms with Gasteiger partial charge in [-0.15, -0.1) is 0 Å². The Morgan fingerprint density at radius 2 is 1.79 bits per heavy atom. The van der Waals surface area contributed by atoms with Crippen molar-refractivity contribution in [3.8, 4) is 17.2 Å². The molecular weight excluding hydrogens is 471 g/mol. The van der Waals surface area contributed by atoms with E-state index >= 15 is 0 Å². The van der Waals surface area contributed by atoms with E-state index in [1.807, 2.05) is 24.6 Å². The molecule has 10 heteroatoms. The maximum absolute atomic E-state index is 13.8. The average molecular weight is 490 g/mol. The van der Waals surface area contributed by atoms with Gasteiger partial charge in [0.25, 0.3) is 5.56 Å². The molecule has 0 radical (unpaired) electrons. The molecular formula is C24H19ClF3N3O3. The Morgan fingerprint density at radius 1 is 1.09 bits per heavy atom. The Morgan fingerprint density at radius 3 is 2.38 bits per heavy atom. The third kappa shape index (κ3) is 4.57. The highest BCUT2D eigenvalue weighted by atomic mass is 35.5. The van der Waals surface area contributed by atoms with Crippen LogP contribution in [0.4, 0.5) is 13.2 Å². The molecule has 176 valence electrons. The molecule has 0 aliphatic rings. The molecule has 0 unspecified atom stereocenters. The maximum atomic E-state index is 13.8. The highest BCUT2D eigenvalue weighted by Crippen LogP contribution is 2.28. The van der Waals surface area contributed by atoms with Gasteiger partial charge < -0.3 is 19.0 Å². The highest BCUT2D eigenvalue weighted by molar-refractivity contribution is 6.30. The number of hydrogen-bond donors (Lipinski definition) is 1. The van der Waals surface area contributed by atoms with Crippen LogP contribution in [0, 0.1) is 31.3 Å². The van der Waals surface area contributed by atoms with E-state index in [-0.39, 0.29) is 16.3 Å². The molecule has 0 spiro atoms. The van der Waals surface area contributed by atoms with Crippen LogP contribution in [0.25, 0.3) is 5.69 Å². The number of aromatic nitrogens is 3. The number of pyridine rings is 1. The molecule has 2 heterocycles. The number of imidazole rings is 1. The molecule has 4 rings (SSSR count). The second kappa shape index (κ2) is 9.36. The van der Waals surface area contributed by atoms with E-state index < -0.39 is 35.7 Å². The summed E-state index contributed by atoms with van der Waals surface area (Å²) in [6.45, 7) is 3.04. The minimum atomic E-state index is -1.65. The van der Waals surface area contributed by atoms with Crippen LogP contribution >= 0.6 is 11.6 Å². The van der Waals surface area contributed by atoms with Gasteiger partial charge in [0.2, 0.25) is 0 Å². The first-order valence-electron chi connectivity index (χ1n) is 10.1. The van der Waals surface area contributed by atoms with Crippen LogP contribution in [0.2, 0.25) is 5.02 Å². The first-order chi connectivity index (χ1) is 16.2. The van der Waals surface area contributed by atoms with E-state index in [1.165, 1.54) is 12.3 Å². The normalized spacial score (nSPS) is 12.1. The number of aliphatic hydroxyl groups is 1. The van der Waals surface area contributed by atoms with Crippen molar-refractivity contribution in [3.05, 3.63) is 105 Å². The van der Waals surface area contributed by atoms with Gasteiger partial charge in [-0.25, -0.2) is 18.2 Å². The van der Waals surface area contributed by atoms with E-state index in [2.05, 4.69) is 4.98 Å². The zero-order valence-corrected chi connectivity index (χ0v) is 18.9. The van der Waals surface area contributed by atoms with Crippen LogP contribution < -0.4 is 10.3 Å². The summed E-state index contributed by atoms with van der Waals surface area (Å²) >= 11 is 6.16. The predicted octanol–water partition coefficient (Wildman–Crippen LogP) is 5.10. The van der Waals surface area contributed by atoms with Crippen LogP contribution in [0.1, 0.15) is 22.9 Å². The van der Waals surface area contributed by atoms with Gasteiger partial charge >= 0.3 is 0 Å². The van der Waals surface area contributed by atoms with Crippen molar-refractivity contribution in [1.82, 2.24) is 14.1 Å². The van der Waals surface area contributed by atoms with Crippen molar-refractivity contribution in [3.63, 3.8) is 0 Å². The molecule has 0 fully saturated rings. The first-order valence-corrected chi connectivity index (χ1v) is 10.5. The monoisotopic (exact) mass is 489 g/mol. The van der Waals surface area contributed by atoms with Gasteiger partial charge in [0.05, 0.1) is 29.7 Å². The van der Waals surface area contributed by atoms with Gasteiger partial charge in [0.1, 0.15) is 5.75 Å². The summed E-state index contributed by atoms with van der Waals surface area (Å²) in [7, 11) is 0. The number of halogens is 4. The van der Waals surface area contributed by atoms with Crippen LogP contribution in [0.5, 0.6) is 11.5 Å². The van der Waals surface area contributed by atoms with Crippen molar-refractivity contribution in [1.29, 1.82) is 0 Å². The SMILES string of the molecule is Cc1cn(-c2ccc(Oc3cc(Cl)cn([C@@H](CO)c4cc(F)c(F)c(F)c4)c3=O)cc2C)cn1. The highest BCUT2D eigenvalue weighted by Gasteiger charge is 2.21. The minimum absolute atomic E-state index is 0.0818. The summed E-state index contributed by atoms with van der Waals surface area (Å²) in [5.41, 5.74) is 1.73. The minimum Gasteiger partial charge on any atom is -0.451 e. The molecule has 0 amide bonds. The average Bonchev–Trinajstić information content (AvgIpc) is 3.21. The summed E-state index contributed by atoms with van der Waals surface area (Å²) in [5, 5.41) is 9.95. The van der Waals surface area contributed by atoms with Gasteiger partial charge in [-0.1, -0.05) is 11.6 Å². The topological polar surface area (TPSA) is 69.3 Å². The van der Waals surface area contributed by atoms with E-state index in [1.54, 1.807) is 24.5 Å². The Labute approximate surface area is 197 Å². The fourth-order valence-electron chi connectivity index (χ4n) is 3.63. The first kappa shape index (κ1) is 23.6. The van der Waals surface area contributed by atoms with Crippen molar-refractivity contribution < 1.29 is 23.0 Å². The quantitative estimate of drug-likeness (QED) is 0.383. The summed E-state index contributed by atoms with van der Waals surface area (Å²) in [4.78, 5) is 17.3. The lowest BCUT2D eigenvalue weighted by atomic mass is 10.1. The van der Waals surface area contributed by atoms with Crippen LogP contribution in [0.15, 0.2) is 59.9 Å². The molecule has 0 aliphatic heterocycles. The summed E-state index contributed by atoms with van der Waals surface area (Å²) in [5.74, 6) is -4.34. The van der Waals surface area contributed by atoms with Crippen LogP contribution in [0.3, 0.4) is 0 Å². The summed E-state index contributed by atoms with van der Waals surface area (Å²) in [6, 6.07) is 6.69. The van der Waals surface area contributed by atoms with Gasteiger partial charge in [0, 0.05) is 24.1 Å². The molecule has 0 saturated carbocycles. The van der Waals surface area contributed by atoms with Crippen molar-refractivity contribution in [2.24, 2.45) is 0 Å². The van der Waals surface area contributed by atoms with E-state index in [4.69, 9.17) is 16.3 Å². The molecule has 34 heavy (non-hydrogen) atoms. The number of nitrogens with zero attached hydrogens (tertiary/aromatic N) is 3. The molecule has 6 nitrogen and oxygen atoms in total. The third-order valence-corrected chi connectivity index (χ3v) is 5.47. The molecule has 2 aromatic heterocycles. The number of aliphatic hydroxyl groups excluding tert-OH is 1. The van der Waals surface area contributed by atoms with Gasteiger partial charge in [0.15, 0.2) is 23.2 Å². The second-order valence-electron chi connectivity index (χ2n) is 7.70. The summed E-state index contributed by atoms with van der Waals surface area (Å²) in [6.07, 6.45) is 4.76. The van der Waals surface area contributed by atoms with Gasteiger partial charge in [-0.3, -0.25) is 4.79 Å². The van der Waals surface area contributed by atoms with E-state index in [0.717, 1.165) is 21.5 Å². The number of aryl methyl sites for hydroxylation is 2. The smallest absolute Gasteiger partial charge is 0.294 e. The zero-order valence-electron chi connectivity index (χ0n) is 18.1. The molecule has 4 aromatic rings. The number of benzene rings is 2. The fourth-order valence-corrected chi connectivity index (χ4v) is 3.83. The molecule has 0 saturated heterocycles. The Hall–Kier alpha value is -3.56. The lowest BCUT2D eigenvalue weighted by molar-refractivity contribution is 0.245. The van der Waals surface area contributed by atoms with Gasteiger partial charge in [-0.2, -0.15) is 0 Å². The predicted molar refractivity (Wildman–Crippen MR) is 120 cm³/mol. The molecule has 2 aromatic carbocycles. The lowest BCUT2D eigenvalue weighted by Gasteiger charge is -2.20. The zero-order chi connectivity index (χ0) is 24.6. The Balaban J connectivity index is 1.70.